The van der Waals surface area contributed by atoms with Crippen molar-refractivity contribution in [3.05, 3.63) is 12.2 Å². The number of rotatable bonds is 2. The van der Waals surface area contributed by atoms with E-state index in [4.69, 9.17) is 4.55 Å². The van der Waals surface area contributed by atoms with Crippen molar-refractivity contribution in [3.63, 3.8) is 0 Å². The van der Waals surface area contributed by atoms with Crippen LogP contribution in [-0.4, -0.2) is 37.6 Å². The SMILES string of the molecule is C=C(C)CS(=O)(=O)O.FP(F)(F)(F)F.[LiH]. The van der Waals surface area contributed by atoms with Crippen LogP contribution in [0.25, 0.3) is 0 Å². The van der Waals surface area contributed by atoms with Crippen molar-refractivity contribution in [2.45, 2.75) is 6.92 Å². The minimum atomic E-state index is -8.55. The van der Waals surface area contributed by atoms with E-state index >= 15 is 0 Å². The molecule has 0 aliphatic carbocycles. The molecule has 90 valence electrons. The normalized spacial score (nSPS) is 13.7. The van der Waals surface area contributed by atoms with Gasteiger partial charge < -0.3 is 0 Å². The predicted molar refractivity (Wildman–Crippen MR) is 50.8 cm³/mol. The van der Waals surface area contributed by atoms with E-state index in [0.29, 0.717) is 5.57 Å². The Hall–Kier alpha value is 0.327. The summed E-state index contributed by atoms with van der Waals surface area (Å²) in [7, 11) is -12.4. The predicted octanol–water partition coefficient (Wildman–Crippen LogP) is 2.76. The molecule has 0 aromatic heterocycles. The molecule has 0 spiro atoms. The monoisotopic (exact) mass is 270 g/mol. The van der Waals surface area contributed by atoms with Crippen LogP contribution in [0.1, 0.15) is 6.92 Å². The number of halogens is 5. The minimum absolute atomic E-state index is 0. The molecule has 0 amide bonds. The molecule has 0 aliphatic heterocycles. The van der Waals surface area contributed by atoms with Gasteiger partial charge in [-0.1, -0.05) is 12.2 Å². The molecule has 11 heteroatoms. The van der Waals surface area contributed by atoms with Gasteiger partial charge in [0.15, 0.2) is 0 Å². The topological polar surface area (TPSA) is 54.4 Å². The Kier molecular flexibility index (Phi) is 8.50. The van der Waals surface area contributed by atoms with Crippen LogP contribution in [0, 0.1) is 0 Å². The Morgan fingerprint density at radius 3 is 1.47 bits per heavy atom. The zero-order valence-electron chi connectivity index (χ0n) is 6.92. The van der Waals surface area contributed by atoms with Crippen molar-refractivity contribution in [1.29, 1.82) is 0 Å². The molecule has 15 heavy (non-hydrogen) atoms. The van der Waals surface area contributed by atoms with Crippen molar-refractivity contribution in [2.75, 3.05) is 5.75 Å². The zero-order chi connectivity index (χ0) is 12.2. The van der Waals surface area contributed by atoms with Crippen molar-refractivity contribution < 1.29 is 34.0 Å². The third-order valence-corrected chi connectivity index (χ3v) is 1.29. The molecule has 0 atom stereocenters. The molecule has 0 radical (unpaired) electrons. The first-order chi connectivity index (χ1) is 5.65. The van der Waals surface area contributed by atoms with Crippen LogP contribution in [-0.2, 0) is 10.1 Å². The van der Waals surface area contributed by atoms with E-state index in [0.717, 1.165) is 0 Å². The summed E-state index contributed by atoms with van der Waals surface area (Å²) in [5.74, 6) is -0.340. The van der Waals surface area contributed by atoms with Crippen LogP contribution in [0.2, 0.25) is 0 Å². The summed E-state index contributed by atoms with van der Waals surface area (Å²) >= 11 is 0. The molecule has 0 saturated carbocycles. The third-order valence-electron chi connectivity index (χ3n) is 0.429. The third kappa shape index (κ3) is 76.7. The van der Waals surface area contributed by atoms with Crippen LogP contribution in [0.5, 0.6) is 0 Å². The quantitative estimate of drug-likeness (QED) is 0.276. The molecule has 0 rings (SSSR count). The fourth-order valence-corrected chi connectivity index (χ4v) is 0.934. The zero-order valence-corrected chi connectivity index (χ0v) is 8.63. The molecule has 0 aliphatic rings. The van der Waals surface area contributed by atoms with E-state index in [-0.39, 0.29) is 24.6 Å². The van der Waals surface area contributed by atoms with Crippen molar-refractivity contribution >= 4 is 37.1 Å². The van der Waals surface area contributed by atoms with Gasteiger partial charge in [0.05, 0.1) is 5.75 Å². The average Bonchev–Trinajstić information content (AvgIpc) is 1.44. The molecule has 0 aromatic rings. The van der Waals surface area contributed by atoms with Crippen LogP contribution in [0.15, 0.2) is 12.2 Å². The molecular weight excluding hydrogens is 261 g/mol. The van der Waals surface area contributed by atoms with Crippen LogP contribution in [0.4, 0.5) is 21.0 Å². The van der Waals surface area contributed by atoms with Gasteiger partial charge >= 0.3 is 48.0 Å². The van der Waals surface area contributed by atoms with E-state index in [9.17, 15) is 29.4 Å². The van der Waals surface area contributed by atoms with Gasteiger partial charge in [-0.15, -0.1) is 0 Å². The van der Waals surface area contributed by atoms with Gasteiger partial charge in [-0.3, -0.25) is 4.55 Å². The van der Waals surface area contributed by atoms with Crippen molar-refractivity contribution in [3.8, 4) is 0 Å². The maximum atomic E-state index is 9.94. The summed E-state index contributed by atoms with van der Waals surface area (Å²) in [6.45, 7) is 4.84. The second-order valence-electron chi connectivity index (χ2n) is 2.32. The number of hydrogen-bond acceptors (Lipinski definition) is 2. The Morgan fingerprint density at radius 1 is 1.27 bits per heavy atom. The summed E-state index contributed by atoms with van der Waals surface area (Å²) in [4.78, 5) is 0. The second-order valence-corrected chi connectivity index (χ2v) is 5.05. The first kappa shape index (κ1) is 20.7. The molecule has 0 fully saturated rings. The van der Waals surface area contributed by atoms with E-state index in [1.165, 1.54) is 6.92 Å². The Balaban J connectivity index is -0.000000187. The summed E-state index contributed by atoms with van der Waals surface area (Å²) in [5, 5.41) is 0. The molecule has 0 aromatic carbocycles. The average molecular weight is 270 g/mol. The van der Waals surface area contributed by atoms with E-state index in [1.54, 1.807) is 0 Å². The van der Waals surface area contributed by atoms with Gasteiger partial charge in [-0.05, 0) is 6.92 Å². The van der Waals surface area contributed by atoms with E-state index in [2.05, 4.69) is 6.58 Å². The van der Waals surface area contributed by atoms with E-state index in [1.807, 2.05) is 0 Å². The van der Waals surface area contributed by atoms with Gasteiger partial charge in [0.1, 0.15) is 0 Å². The van der Waals surface area contributed by atoms with Crippen molar-refractivity contribution in [1.82, 2.24) is 0 Å². The second kappa shape index (κ2) is 6.16. The summed E-state index contributed by atoms with van der Waals surface area (Å²) in [5.41, 5.74) is 0.438. The molecule has 0 saturated heterocycles. The van der Waals surface area contributed by atoms with Gasteiger partial charge in [0.2, 0.25) is 0 Å². The maximum absolute atomic E-state index is 9.94. The fraction of sp³-hybridized carbons (Fsp3) is 0.500. The number of hydrogen-bond donors (Lipinski definition) is 1. The summed E-state index contributed by atoms with van der Waals surface area (Å²) in [6, 6.07) is 0. The molecule has 0 unspecified atom stereocenters. The van der Waals surface area contributed by atoms with Crippen LogP contribution < -0.4 is 0 Å². The molecule has 3 nitrogen and oxygen atoms in total. The standard InChI is InChI=1S/C4H8O3S.F5P.Li.H/c1-4(2)3-8(5,6)7;1-6(2,3,4)5;;/h1,3H2,2H3,(H,5,6,7);;;. The van der Waals surface area contributed by atoms with Gasteiger partial charge in [-0.2, -0.15) is 8.42 Å². The first-order valence-corrected chi connectivity index (χ1v) is 6.16. The van der Waals surface area contributed by atoms with Crippen LogP contribution in [0.3, 0.4) is 0 Å². The molecule has 0 bridgehead atoms. The Bertz CT molecular complexity index is 291. The van der Waals surface area contributed by atoms with E-state index < -0.39 is 18.3 Å². The van der Waals surface area contributed by atoms with Gasteiger partial charge in [0, 0.05) is 0 Å². The Labute approximate surface area is 96.2 Å². The fourth-order valence-electron chi connectivity index (χ4n) is 0.311. The molecule has 0 heterocycles. The summed E-state index contributed by atoms with van der Waals surface area (Å²) in [6.07, 6.45) is 0. The Morgan fingerprint density at radius 2 is 1.47 bits per heavy atom. The van der Waals surface area contributed by atoms with Crippen molar-refractivity contribution in [2.24, 2.45) is 0 Å². The molecule has 1 N–H and O–H groups in total. The first-order valence-electron chi connectivity index (χ1n) is 2.86. The van der Waals surface area contributed by atoms with Gasteiger partial charge in [0.25, 0.3) is 10.1 Å². The molecular formula is C4H9F5LiO3PS. The van der Waals surface area contributed by atoms with Gasteiger partial charge in [-0.25, -0.2) is 0 Å². The van der Waals surface area contributed by atoms with Crippen LogP contribution >= 0.6 is 8.16 Å². The summed E-state index contributed by atoms with van der Waals surface area (Å²) < 4.78 is 77.2.